The second kappa shape index (κ2) is 10.9. The number of hydrogen-bond acceptors (Lipinski definition) is 4. The van der Waals surface area contributed by atoms with Crippen molar-refractivity contribution in [1.82, 2.24) is 20.1 Å². The Morgan fingerprint density at radius 3 is 2.40 bits per heavy atom. The molecule has 0 unspecified atom stereocenters. The van der Waals surface area contributed by atoms with E-state index in [4.69, 9.17) is 0 Å². The molecule has 2 amide bonds. The van der Waals surface area contributed by atoms with Crippen LogP contribution in [0.3, 0.4) is 0 Å². The fourth-order valence-corrected chi connectivity index (χ4v) is 6.22. The molecule has 6 heteroatoms. The molecule has 1 atom stereocenters. The third kappa shape index (κ3) is 5.58. The van der Waals surface area contributed by atoms with Crippen LogP contribution in [0.15, 0.2) is 54.9 Å². The number of nitrogens with one attached hydrogen (secondary N) is 1. The van der Waals surface area contributed by atoms with Crippen LogP contribution in [0.4, 0.5) is 0 Å². The molecule has 6 nitrogen and oxygen atoms in total. The maximum absolute atomic E-state index is 13.3. The molecule has 2 aromatic rings. The van der Waals surface area contributed by atoms with Gasteiger partial charge in [0.2, 0.25) is 11.8 Å². The summed E-state index contributed by atoms with van der Waals surface area (Å²) in [5.74, 6) is 0.735. The fraction of sp³-hybridized carbons (Fsp3) is 0.552. The van der Waals surface area contributed by atoms with Gasteiger partial charge in [-0.1, -0.05) is 43.2 Å². The van der Waals surface area contributed by atoms with Crippen LogP contribution in [0.25, 0.3) is 0 Å². The van der Waals surface area contributed by atoms with Gasteiger partial charge in [-0.2, -0.15) is 0 Å². The number of hydrogen-bond donors (Lipinski definition) is 1. The summed E-state index contributed by atoms with van der Waals surface area (Å²) in [7, 11) is 0. The summed E-state index contributed by atoms with van der Waals surface area (Å²) in [4.78, 5) is 34.8. The molecule has 1 spiro atoms. The zero-order chi connectivity index (χ0) is 24.1. The number of nitrogens with zero attached hydrogens (tertiary/aromatic N) is 3. The molecule has 3 fully saturated rings. The van der Waals surface area contributed by atoms with Crippen LogP contribution in [0.5, 0.6) is 0 Å². The Morgan fingerprint density at radius 2 is 1.69 bits per heavy atom. The minimum Gasteiger partial charge on any atom is -0.349 e. The Bertz CT molecular complexity index is 982. The van der Waals surface area contributed by atoms with Gasteiger partial charge in [0.15, 0.2) is 0 Å². The third-order valence-electron chi connectivity index (χ3n) is 8.52. The molecule has 35 heavy (non-hydrogen) atoms. The van der Waals surface area contributed by atoms with Crippen LogP contribution in [0, 0.1) is 11.3 Å². The highest BCUT2D eigenvalue weighted by Crippen LogP contribution is 2.42. The first-order valence-corrected chi connectivity index (χ1v) is 13.4. The molecule has 5 rings (SSSR count). The van der Waals surface area contributed by atoms with Crippen molar-refractivity contribution in [2.75, 3.05) is 26.2 Å². The minimum absolute atomic E-state index is 0.0455. The molecule has 1 aliphatic carbocycles. The molecule has 0 radical (unpaired) electrons. The Kier molecular flexibility index (Phi) is 7.47. The van der Waals surface area contributed by atoms with Crippen molar-refractivity contribution in [1.29, 1.82) is 0 Å². The van der Waals surface area contributed by atoms with E-state index in [2.05, 4.69) is 39.5 Å². The number of aromatic nitrogens is 1. The van der Waals surface area contributed by atoms with Gasteiger partial charge in [-0.25, -0.2) is 0 Å². The molecule has 3 aliphatic rings. The van der Waals surface area contributed by atoms with E-state index in [1.54, 1.807) is 12.4 Å². The summed E-state index contributed by atoms with van der Waals surface area (Å²) in [5.41, 5.74) is 2.15. The maximum atomic E-state index is 13.3. The van der Waals surface area contributed by atoms with Crippen molar-refractivity contribution >= 4 is 11.8 Å². The average molecular weight is 475 g/mol. The van der Waals surface area contributed by atoms with Crippen molar-refractivity contribution in [3.05, 3.63) is 66.0 Å². The van der Waals surface area contributed by atoms with E-state index < -0.39 is 0 Å². The predicted octanol–water partition coefficient (Wildman–Crippen LogP) is 4.33. The molecule has 1 aromatic heterocycles. The highest BCUT2D eigenvalue weighted by Gasteiger charge is 2.47. The number of carbonyl (C=O) groups is 2. The van der Waals surface area contributed by atoms with Crippen molar-refractivity contribution in [3.8, 4) is 0 Å². The molecule has 1 saturated carbocycles. The Hall–Kier alpha value is -2.73. The van der Waals surface area contributed by atoms with E-state index in [1.807, 2.05) is 23.1 Å². The number of benzene rings is 1. The molecule has 2 saturated heterocycles. The number of piperidine rings is 1. The summed E-state index contributed by atoms with van der Waals surface area (Å²) in [6.07, 6.45) is 11.7. The lowest BCUT2D eigenvalue weighted by Crippen LogP contribution is -2.45. The summed E-state index contributed by atoms with van der Waals surface area (Å²) < 4.78 is 0. The van der Waals surface area contributed by atoms with Crippen LogP contribution in [0.1, 0.15) is 68.5 Å². The summed E-state index contributed by atoms with van der Waals surface area (Å²) >= 11 is 0. The van der Waals surface area contributed by atoms with Gasteiger partial charge in [0.25, 0.3) is 0 Å². The van der Waals surface area contributed by atoms with Gasteiger partial charge in [-0.15, -0.1) is 0 Å². The topological polar surface area (TPSA) is 65.5 Å². The van der Waals surface area contributed by atoms with E-state index in [0.717, 1.165) is 70.3 Å². The van der Waals surface area contributed by atoms with Crippen LogP contribution < -0.4 is 5.32 Å². The van der Waals surface area contributed by atoms with Crippen molar-refractivity contribution in [2.45, 2.75) is 64.0 Å². The van der Waals surface area contributed by atoms with Gasteiger partial charge in [0.1, 0.15) is 0 Å². The van der Waals surface area contributed by atoms with Gasteiger partial charge in [0.05, 0.1) is 11.5 Å². The number of carbonyl (C=O) groups excluding carboxylic acids is 2. The molecule has 1 N–H and O–H groups in total. The SMILES string of the molecule is O=C(N[C@@H](CCN1CCC2(CC1)CCN(Cc1ccncc1)C2=O)c1ccccc1)C1CCCC1. The maximum Gasteiger partial charge on any atom is 0.229 e. The molecule has 3 heterocycles. The largest absolute Gasteiger partial charge is 0.349 e. The zero-order valence-corrected chi connectivity index (χ0v) is 20.7. The molecule has 186 valence electrons. The van der Waals surface area contributed by atoms with E-state index in [0.29, 0.717) is 12.5 Å². The first kappa shape index (κ1) is 24.0. The standard InChI is InChI=1S/C29H38N4O2/c34-27(25-8-4-5-9-25)31-26(24-6-2-1-3-7-24)12-18-32-19-13-29(14-20-32)15-21-33(28(29)35)22-23-10-16-30-17-11-23/h1-3,6-7,10-11,16-17,25-26H,4-5,8-9,12-15,18-22H2,(H,31,34)/t26-/m0/s1. The summed E-state index contributed by atoms with van der Waals surface area (Å²) in [5, 5.41) is 3.37. The molecular formula is C29H38N4O2. The van der Waals surface area contributed by atoms with Crippen LogP contribution >= 0.6 is 0 Å². The quantitative estimate of drug-likeness (QED) is 0.618. The normalized spacial score (nSPS) is 21.5. The second-order valence-corrected chi connectivity index (χ2v) is 10.7. The van der Waals surface area contributed by atoms with E-state index in [9.17, 15) is 9.59 Å². The van der Waals surface area contributed by atoms with Crippen LogP contribution in [0.2, 0.25) is 0 Å². The van der Waals surface area contributed by atoms with Crippen molar-refractivity contribution < 1.29 is 9.59 Å². The van der Waals surface area contributed by atoms with Gasteiger partial charge >= 0.3 is 0 Å². The van der Waals surface area contributed by atoms with Crippen LogP contribution in [-0.2, 0) is 16.1 Å². The number of rotatable bonds is 8. The van der Waals surface area contributed by atoms with Crippen molar-refractivity contribution in [3.63, 3.8) is 0 Å². The van der Waals surface area contributed by atoms with E-state index in [-0.39, 0.29) is 23.3 Å². The summed E-state index contributed by atoms with van der Waals surface area (Å²) in [6, 6.07) is 14.4. The van der Waals surface area contributed by atoms with Gasteiger partial charge in [0, 0.05) is 37.9 Å². The van der Waals surface area contributed by atoms with Gasteiger partial charge in [-0.3, -0.25) is 14.6 Å². The first-order valence-electron chi connectivity index (χ1n) is 13.4. The average Bonchev–Trinajstić information content (AvgIpc) is 3.54. The van der Waals surface area contributed by atoms with Crippen molar-refractivity contribution in [2.24, 2.45) is 11.3 Å². The fourth-order valence-electron chi connectivity index (χ4n) is 6.22. The second-order valence-electron chi connectivity index (χ2n) is 10.7. The smallest absolute Gasteiger partial charge is 0.229 e. The number of likely N-dealkylation sites (tertiary alicyclic amines) is 2. The molecule has 2 aliphatic heterocycles. The third-order valence-corrected chi connectivity index (χ3v) is 8.52. The van der Waals surface area contributed by atoms with Crippen LogP contribution in [-0.4, -0.2) is 52.8 Å². The number of pyridine rings is 1. The first-order chi connectivity index (χ1) is 17.1. The zero-order valence-electron chi connectivity index (χ0n) is 20.7. The lowest BCUT2D eigenvalue weighted by molar-refractivity contribution is -0.139. The molecule has 0 bridgehead atoms. The molecule has 1 aromatic carbocycles. The lowest BCUT2D eigenvalue weighted by atomic mass is 9.77. The van der Waals surface area contributed by atoms with Gasteiger partial charge in [-0.05, 0) is 74.9 Å². The Labute approximate surface area is 209 Å². The highest BCUT2D eigenvalue weighted by molar-refractivity contribution is 5.85. The number of amides is 2. The van der Waals surface area contributed by atoms with E-state index >= 15 is 0 Å². The highest BCUT2D eigenvalue weighted by atomic mass is 16.2. The Balaban J connectivity index is 1.15. The minimum atomic E-state index is -0.181. The van der Waals surface area contributed by atoms with Gasteiger partial charge < -0.3 is 15.1 Å². The summed E-state index contributed by atoms with van der Waals surface area (Å²) in [6.45, 7) is 4.38. The Morgan fingerprint density at radius 1 is 1.00 bits per heavy atom. The molecular weight excluding hydrogens is 436 g/mol. The van der Waals surface area contributed by atoms with E-state index in [1.165, 1.54) is 18.4 Å². The lowest BCUT2D eigenvalue weighted by Gasteiger charge is -2.38. The predicted molar refractivity (Wildman–Crippen MR) is 136 cm³/mol. The monoisotopic (exact) mass is 474 g/mol.